The Morgan fingerprint density at radius 2 is 1.03 bits per heavy atom. The second kappa shape index (κ2) is 92.2. The van der Waals surface area contributed by atoms with Gasteiger partial charge in [0.2, 0.25) is 0 Å². The molecule has 0 aliphatic rings. The Morgan fingerprint density at radius 3 is 1.24 bits per heavy atom. The summed E-state index contributed by atoms with van der Waals surface area (Å²) in [6, 6.07) is 0. The summed E-state index contributed by atoms with van der Waals surface area (Å²) in [7, 11) is 0. The highest BCUT2D eigenvalue weighted by molar-refractivity contribution is 5.16. The molecule has 0 aliphatic heterocycles. The Bertz CT molecular complexity index is 367. The monoisotopic (exact) mass is 525 g/mol. The van der Waals surface area contributed by atoms with Crippen LogP contribution in [-0.2, 0) is 0 Å². The van der Waals surface area contributed by atoms with E-state index in [1.165, 1.54) is 43.3 Å². The van der Waals surface area contributed by atoms with Gasteiger partial charge in [0.15, 0.2) is 0 Å². The van der Waals surface area contributed by atoms with Gasteiger partial charge < -0.3 is 0 Å². The van der Waals surface area contributed by atoms with E-state index >= 15 is 0 Å². The molecule has 0 spiro atoms. The number of hydrogen-bond acceptors (Lipinski definition) is 0. The standard InChI is InChI=1S/C10H18.C9H16.C4H8.C3H8.C3H6.4C2H6/c1-5-7-9(3)10(4)8-6-2;1-4-6-8-9(3)7-5-2;1-3-4-2;2*1-3-2;4*1-2/h5,7,10H,3,6,8H2,1-2,4H3;4H,1,3,5-8H2,2H3;3H,1,4H2,2H3;3H2,1-2H3;3H,1H2,2H3;4*1-2H3/b7-5-;;;;;;;;. The molecular formula is C37H80. The second-order valence-electron chi connectivity index (χ2n) is 6.90. The Hall–Kier alpha value is -1.56. The predicted molar refractivity (Wildman–Crippen MR) is 189 cm³/mol. The van der Waals surface area contributed by atoms with Crippen molar-refractivity contribution in [1.82, 2.24) is 0 Å². The molecule has 228 valence electrons. The molecule has 0 amide bonds. The van der Waals surface area contributed by atoms with Crippen LogP contribution in [0.5, 0.6) is 0 Å². The van der Waals surface area contributed by atoms with Gasteiger partial charge in [-0.25, -0.2) is 0 Å². The number of rotatable bonds is 10. The first-order valence-corrected chi connectivity index (χ1v) is 15.5. The maximum absolute atomic E-state index is 3.98. The van der Waals surface area contributed by atoms with E-state index in [-0.39, 0.29) is 0 Å². The van der Waals surface area contributed by atoms with Gasteiger partial charge in [-0.1, -0.05) is 171 Å². The van der Waals surface area contributed by atoms with E-state index < -0.39 is 0 Å². The van der Waals surface area contributed by atoms with E-state index in [1.54, 1.807) is 6.08 Å². The van der Waals surface area contributed by atoms with Gasteiger partial charge >= 0.3 is 0 Å². The minimum atomic E-state index is 0.654. The molecule has 1 atom stereocenters. The highest BCUT2D eigenvalue weighted by Crippen LogP contribution is 2.15. The Kier molecular flexibility index (Phi) is 150. The first-order valence-electron chi connectivity index (χ1n) is 15.5. The molecule has 0 aromatic heterocycles. The van der Waals surface area contributed by atoms with E-state index in [0.717, 1.165) is 19.3 Å². The molecular weight excluding hydrogens is 444 g/mol. The van der Waals surface area contributed by atoms with Crippen LogP contribution in [0.1, 0.15) is 162 Å². The fourth-order valence-electron chi connectivity index (χ4n) is 1.78. The van der Waals surface area contributed by atoms with Gasteiger partial charge in [0.1, 0.15) is 0 Å². The summed E-state index contributed by atoms with van der Waals surface area (Å²) in [5.74, 6) is 0.654. The minimum Gasteiger partial charge on any atom is -0.103 e. The van der Waals surface area contributed by atoms with Crippen LogP contribution < -0.4 is 0 Å². The van der Waals surface area contributed by atoms with Gasteiger partial charge in [0.25, 0.3) is 0 Å². The number of allylic oxidation sites excluding steroid dienone is 7. The molecule has 0 aliphatic carbocycles. The number of hydrogen-bond donors (Lipinski definition) is 0. The third kappa shape index (κ3) is 134. The second-order valence-corrected chi connectivity index (χ2v) is 6.90. The lowest BCUT2D eigenvalue weighted by Crippen LogP contribution is -1.94. The molecule has 1 unspecified atom stereocenters. The van der Waals surface area contributed by atoms with Crippen molar-refractivity contribution in [3.8, 4) is 0 Å². The molecule has 0 heterocycles. The third-order valence-corrected chi connectivity index (χ3v) is 3.33. The maximum Gasteiger partial charge on any atom is -0.0196 e. The smallest absolute Gasteiger partial charge is 0.0196 e. The first-order chi connectivity index (χ1) is 17.8. The first kappa shape index (κ1) is 60.1. The molecule has 0 heteroatoms. The molecule has 0 bridgehead atoms. The largest absolute Gasteiger partial charge is 0.103 e. The molecule has 0 N–H and O–H groups in total. The zero-order valence-electron chi connectivity index (χ0n) is 29.7. The van der Waals surface area contributed by atoms with E-state index in [0.29, 0.717) is 5.92 Å². The van der Waals surface area contributed by atoms with Crippen LogP contribution in [0.3, 0.4) is 0 Å². The molecule has 0 radical (unpaired) electrons. The van der Waals surface area contributed by atoms with Crippen LogP contribution in [0.25, 0.3) is 0 Å². The average molecular weight is 525 g/mol. The summed E-state index contributed by atoms with van der Waals surface area (Å²) in [6.45, 7) is 51.3. The van der Waals surface area contributed by atoms with E-state index in [1.807, 2.05) is 81.4 Å². The van der Waals surface area contributed by atoms with Gasteiger partial charge in [-0.3, -0.25) is 0 Å². The lowest BCUT2D eigenvalue weighted by atomic mass is 9.97. The van der Waals surface area contributed by atoms with Crippen molar-refractivity contribution in [2.75, 3.05) is 0 Å². The van der Waals surface area contributed by atoms with Crippen molar-refractivity contribution in [2.24, 2.45) is 5.92 Å². The van der Waals surface area contributed by atoms with Gasteiger partial charge in [0, 0.05) is 0 Å². The molecule has 0 saturated heterocycles. The summed E-state index contributed by atoms with van der Waals surface area (Å²) in [5.41, 5.74) is 2.61. The van der Waals surface area contributed by atoms with E-state index in [9.17, 15) is 0 Å². The minimum absolute atomic E-state index is 0.654. The van der Waals surface area contributed by atoms with Crippen LogP contribution in [0, 0.1) is 5.92 Å². The van der Waals surface area contributed by atoms with Gasteiger partial charge in [0.05, 0.1) is 0 Å². The van der Waals surface area contributed by atoms with Gasteiger partial charge in [-0.05, 0) is 51.9 Å². The van der Waals surface area contributed by atoms with Crippen molar-refractivity contribution < 1.29 is 0 Å². The highest BCUT2D eigenvalue weighted by atomic mass is 14.1. The Labute approximate surface area is 242 Å². The maximum atomic E-state index is 3.98. The zero-order chi connectivity index (χ0) is 31.9. The van der Waals surface area contributed by atoms with E-state index in [4.69, 9.17) is 0 Å². The fraction of sp³-hybridized carbons (Fsp3) is 0.676. The summed E-state index contributed by atoms with van der Waals surface area (Å²) in [6.07, 6.45) is 19.1. The molecule has 0 aromatic carbocycles. The lowest BCUT2D eigenvalue weighted by molar-refractivity contribution is 0.614. The van der Waals surface area contributed by atoms with Gasteiger partial charge in [-0.2, -0.15) is 0 Å². The molecule has 0 fully saturated rings. The average Bonchev–Trinajstić information content (AvgIpc) is 2.94. The zero-order valence-corrected chi connectivity index (χ0v) is 29.7. The SMILES string of the molecule is C=C(/C=C\C)C(C)CCC.C=CC.C=CCC.C=CCCC(=C)CCC.CC.CC.CC.CC.CCC. The fourth-order valence-corrected chi connectivity index (χ4v) is 1.78. The predicted octanol–water partition coefficient (Wildman–Crippen LogP) is 15.2. The van der Waals surface area contributed by atoms with Crippen LogP contribution >= 0.6 is 0 Å². The third-order valence-electron chi connectivity index (χ3n) is 3.33. The van der Waals surface area contributed by atoms with Crippen LogP contribution in [0.4, 0.5) is 0 Å². The van der Waals surface area contributed by atoms with Crippen molar-refractivity contribution in [3.63, 3.8) is 0 Å². The van der Waals surface area contributed by atoms with Crippen LogP contribution in [0.2, 0.25) is 0 Å². The summed E-state index contributed by atoms with van der Waals surface area (Å²) in [5, 5.41) is 0. The van der Waals surface area contributed by atoms with Crippen LogP contribution in [0.15, 0.2) is 74.4 Å². The topological polar surface area (TPSA) is 0 Å². The highest BCUT2D eigenvalue weighted by Gasteiger charge is 2.00. The normalized spacial score (nSPS) is 8.11. The van der Waals surface area contributed by atoms with Crippen molar-refractivity contribution in [1.29, 1.82) is 0 Å². The summed E-state index contributed by atoms with van der Waals surface area (Å²) in [4.78, 5) is 0. The van der Waals surface area contributed by atoms with Crippen molar-refractivity contribution >= 4 is 0 Å². The van der Waals surface area contributed by atoms with E-state index in [2.05, 4.69) is 86.6 Å². The molecule has 0 nitrogen and oxygen atoms in total. The molecule has 37 heavy (non-hydrogen) atoms. The van der Waals surface area contributed by atoms with Crippen molar-refractivity contribution in [2.45, 2.75) is 162 Å². The Morgan fingerprint density at radius 1 is 0.676 bits per heavy atom. The molecule has 0 aromatic rings. The molecule has 0 saturated carbocycles. The Balaban J connectivity index is -0.0000000377. The summed E-state index contributed by atoms with van der Waals surface area (Å²) >= 11 is 0. The quantitative estimate of drug-likeness (QED) is 0.197. The van der Waals surface area contributed by atoms with Crippen molar-refractivity contribution in [3.05, 3.63) is 74.4 Å². The van der Waals surface area contributed by atoms with Crippen LogP contribution in [-0.4, -0.2) is 0 Å². The molecule has 0 rings (SSSR count). The van der Waals surface area contributed by atoms with Gasteiger partial charge in [-0.15, -0.1) is 19.7 Å². The summed E-state index contributed by atoms with van der Waals surface area (Å²) < 4.78 is 0. The lowest BCUT2D eigenvalue weighted by Gasteiger charge is -2.08.